The van der Waals surface area contributed by atoms with Crippen LogP contribution in [-0.4, -0.2) is 42.3 Å². The molecule has 1 aromatic carbocycles. The third kappa shape index (κ3) is 3.51. The molecule has 0 spiro atoms. The van der Waals surface area contributed by atoms with Crippen LogP contribution in [0.3, 0.4) is 0 Å². The van der Waals surface area contributed by atoms with Crippen LogP contribution in [0.15, 0.2) is 42.6 Å². The van der Waals surface area contributed by atoms with Crippen LogP contribution < -0.4 is 5.32 Å². The van der Waals surface area contributed by atoms with E-state index in [4.69, 9.17) is 4.98 Å². The molecular formula is C21H25N3O. The van der Waals surface area contributed by atoms with Gasteiger partial charge in [-0.25, -0.2) is 0 Å². The largest absolute Gasteiger partial charge is 0.314 e. The van der Waals surface area contributed by atoms with Crippen LogP contribution in [0.5, 0.6) is 0 Å². The van der Waals surface area contributed by atoms with E-state index in [2.05, 4.69) is 22.3 Å². The molecule has 4 rings (SSSR count). The minimum Gasteiger partial charge on any atom is -0.314 e. The predicted octanol–water partition coefficient (Wildman–Crippen LogP) is 3.31. The average Bonchev–Trinajstić information content (AvgIpc) is 2.65. The van der Waals surface area contributed by atoms with Gasteiger partial charge in [-0.2, -0.15) is 0 Å². The third-order valence-electron chi connectivity index (χ3n) is 5.61. The Bertz CT molecular complexity index is 701. The molecule has 1 saturated heterocycles. The first-order valence-corrected chi connectivity index (χ1v) is 9.31. The minimum absolute atomic E-state index is 0.460. The number of nitrogens with one attached hydrogen (secondary N) is 1. The van der Waals surface area contributed by atoms with Crippen molar-refractivity contribution in [1.82, 2.24) is 15.2 Å². The Labute approximate surface area is 149 Å². The molecule has 2 fully saturated rings. The third-order valence-corrected chi connectivity index (χ3v) is 5.61. The topological polar surface area (TPSA) is 45.2 Å². The molecule has 130 valence electrons. The molecule has 2 aromatic rings. The number of rotatable bonds is 5. The summed E-state index contributed by atoms with van der Waals surface area (Å²) in [7, 11) is 0. The average molecular weight is 335 g/mol. The van der Waals surface area contributed by atoms with Crippen molar-refractivity contribution in [3.8, 4) is 11.1 Å². The summed E-state index contributed by atoms with van der Waals surface area (Å²) in [5.41, 5.74) is 4.12. The molecule has 1 aromatic heterocycles. The highest BCUT2D eigenvalue weighted by Crippen LogP contribution is 2.41. The molecule has 1 aliphatic carbocycles. The number of hydrogen-bond donors (Lipinski definition) is 1. The zero-order valence-electron chi connectivity index (χ0n) is 14.5. The molecule has 0 amide bonds. The van der Waals surface area contributed by atoms with Gasteiger partial charge in [-0.1, -0.05) is 36.8 Å². The monoisotopic (exact) mass is 335 g/mol. The highest BCUT2D eigenvalue weighted by atomic mass is 16.1. The van der Waals surface area contributed by atoms with Crippen LogP contribution in [0.1, 0.15) is 41.4 Å². The second kappa shape index (κ2) is 7.46. The van der Waals surface area contributed by atoms with Crippen molar-refractivity contribution >= 4 is 6.29 Å². The maximum Gasteiger partial charge on any atom is 0.150 e. The molecule has 0 radical (unpaired) electrons. The summed E-state index contributed by atoms with van der Waals surface area (Å²) in [6.45, 7) is 4.37. The molecule has 25 heavy (non-hydrogen) atoms. The molecular weight excluding hydrogens is 310 g/mol. The van der Waals surface area contributed by atoms with Crippen LogP contribution in [0.4, 0.5) is 0 Å². The molecule has 1 unspecified atom stereocenters. The number of pyridine rings is 1. The lowest BCUT2D eigenvalue weighted by Crippen LogP contribution is -2.48. The number of hydrogen-bond acceptors (Lipinski definition) is 4. The summed E-state index contributed by atoms with van der Waals surface area (Å²) in [5, 5.41) is 3.45. The molecule has 2 aliphatic rings. The maximum absolute atomic E-state index is 10.8. The van der Waals surface area contributed by atoms with E-state index >= 15 is 0 Å². The van der Waals surface area contributed by atoms with Gasteiger partial charge in [0.15, 0.2) is 0 Å². The fourth-order valence-corrected chi connectivity index (χ4v) is 3.95. The summed E-state index contributed by atoms with van der Waals surface area (Å²) >= 11 is 0. The van der Waals surface area contributed by atoms with E-state index in [9.17, 15) is 4.79 Å². The van der Waals surface area contributed by atoms with E-state index in [0.717, 1.165) is 49.5 Å². The fourth-order valence-electron chi connectivity index (χ4n) is 3.95. The van der Waals surface area contributed by atoms with Crippen LogP contribution in [0.2, 0.25) is 0 Å². The first-order chi connectivity index (χ1) is 12.3. The summed E-state index contributed by atoms with van der Waals surface area (Å²) in [6.07, 6.45) is 6.87. The molecule has 2 heterocycles. The van der Waals surface area contributed by atoms with E-state index in [1.807, 2.05) is 30.5 Å². The summed E-state index contributed by atoms with van der Waals surface area (Å²) < 4.78 is 0. The molecule has 1 N–H and O–H groups in total. The van der Waals surface area contributed by atoms with Gasteiger partial charge in [0, 0.05) is 43.5 Å². The number of carbonyl (C=O) groups excluding carboxylic acids is 1. The van der Waals surface area contributed by atoms with Crippen LogP contribution in [-0.2, 0) is 0 Å². The predicted molar refractivity (Wildman–Crippen MR) is 99.6 cm³/mol. The second-order valence-corrected chi connectivity index (χ2v) is 7.13. The van der Waals surface area contributed by atoms with Crippen molar-refractivity contribution in [2.75, 3.05) is 26.2 Å². The number of aldehydes is 1. The molecule has 1 atom stereocenters. The summed E-state index contributed by atoms with van der Waals surface area (Å²) in [6, 6.07) is 12.5. The Balaban J connectivity index is 1.56. The maximum atomic E-state index is 10.8. The van der Waals surface area contributed by atoms with Gasteiger partial charge in [0.1, 0.15) is 6.29 Å². The Hall–Kier alpha value is -2.04. The molecule has 4 heteroatoms. The van der Waals surface area contributed by atoms with E-state index in [0.29, 0.717) is 11.6 Å². The van der Waals surface area contributed by atoms with E-state index < -0.39 is 0 Å². The van der Waals surface area contributed by atoms with Crippen molar-refractivity contribution in [2.24, 2.45) is 5.92 Å². The van der Waals surface area contributed by atoms with Crippen LogP contribution >= 0.6 is 0 Å². The first-order valence-electron chi connectivity index (χ1n) is 9.31. The summed E-state index contributed by atoms with van der Waals surface area (Å²) in [4.78, 5) is 18.3. The number of nitrogens with zero attached hydrogens (tertiary/aromatic N) is 2. The number of benzene rings is 1. The standard InChI is InChI=1S/C21H25N3O/c25-15-16-4-6-17(7-5-16)19-8-9-20(23-14-19)21(18-2-1-3-18)24-12-10-22-11-13-24/h4-9,14-15,18,21-22H,1-3,10-13H2. The van der Waals surface area contributed by atoms with Gasteiger partial charge < -0.3 is 5.32 Å². The minimum atomic E-state index is 0.460. The Kier molecular flexibility index (Phi) is 4.90. The van der Waals surface area contributed by atoms with Crippen LogP contribution in [0, 0.1) is 5.92 Å². The van der Waals surface area contributed by atoms with Crippen molar-refractivity contribution in [3.63, 3.8) is 0 Å². The summed E-state index contributed by atoms with van der Waals surface area (Å²) in [5.74, 6) is 0.753. The van der Waals surface area contributed by atoms with Gasteiger partial charge in [-0.15, -0.1) is 0 Å². The van der Waals surface area contributed by atoms with Gasteiger partial charge in [0.2, 0.25) is 0 Å². The SMILES string of the molecule is O=Cc1ccc(-c2ccc(C(C3CCC3)N3CCNCC3)nc2)cc1. The Morgan fingerprint density at radius 3 is 2.32 bits per heavy atom. The Morgan fingerprint density at radius 2 is 1.76 bits per heavy atom. The Morgan fingerprint density at radius 1 is 1.04 bits per heavy atom. The quantitative estimate of drug-likeness (QED) is 0.852. The lowest BCUT2D eigenvalue weighted by Gasteiger charge is -2.42. The van der Waals surface area contributed by atoms with Crippen molar-refractivity contribution in [2.45, 2.75) is 25.3 Å². The molecule has 1 aliphatic heterocycles. The van der Waals surface area contributed by atoms with Crippen molar-refractivity contribution < 1.29 is 4.79 Å². The van der Waals surface area contributed by atoms with Gasteiger partial charge in [-0.05, 0) is 30.4 Å². The smallest absolute Gasteiger partial charge is 0.150 e. The zero-order valence-corrected chi connectivity index (χ0v) is 14.5. The number of carbonyl (C=O) groups is 1. The van der Waals surface area contributed by atoms with Gasteiger partial charge in [0.05, 0.1) is 11.7 Å². The van der Waals surface area contributed by atoms with E-state index in [-0.39, 0.29) is 0 Å². The molecule has 4 nitrogen and oxygen atoms in total. The van der Waals surface area contributed by atoms with Gasteiger partial charge in [-0.3, -0.25) is 14.7 Å². The highest BCUT2D eigenvalue weighted by molar-refractivity contribution is 5.76. The molecule has 1 saturated carbocycles. The van der Waals surface area contributed by atoms with Crippen molar-refractivity contribution in [1.29, 1.82) is 0 Å². The lowest BCUT2D eigenvalue weighted by atomic mass is 9.77. The lowest BCUT2D eigenvalue weighted by molar-refractivity contribution is 0.0809. The second-order valence-electron chi connectivity index (χ2n) is 7.13. The van der Waals surface area contributed by atoms with Gasteiger partial charge in [0.25, 0.3) is 0 Å². The normalized spacial score (nSPS) is 20.0. The van der Waals surface area contributed by atoms with Crippen LogP contribution in [0.25, 0.3) is 11.1 Å². The van der Waals surface area contributed by atoms with Gasteiger partial charge >= 0.3 is 0 Å². The van der Waals surface area contributed by atoms with E-state index in [1.165, 1.54) is 25.0 Å². The highest BCUT2D eigenvalue weighted by Gasteiger charge is 2.34. The number of piperazine rings is 1. The fraction of sp³-hybridized carbons (Fsp3) is 0.429. The van der Waals surface area contributed by atoms with E-state index in [1.54, 1.807) is 0 Å². The van der Waals surface area contributed by atoms with Crippen molar-refractivity contribution in [3.05, 3.63) is 53.9 Å². The zero-order chi connectivity index (χ0) is 17.1. The number of aromatic nitrogens is 1. The first kappa shape index (κ1) is 16.4. The molecule has 0 bridgehead atoms.